The summed E-state index contributed by atoms with van der Waals surface area (Å²) in [6, 6.07) is 4.79. The largest absolute Gasteiger partial charge is 0.508 e. The van der Waals surface area contributed by atoms with E-state index in [4.69, 9.17) is 0 Å². The maximum atomic E-state index is 12.3. The molecule has 0 aliphatic heterocycles. The van der Waals surface area contributed by atoms with Gasteiger partial charge in [0.2, 0.25) is 0 Å². The van der Waals surface area contributed by atoms with Crippen LogP contribution >= 0.6 is 27.3 Å². The average Bonchev–Trinajstić information content (AvgIpc) is 2.67. The van der Waals surface area contributed by atoms with Crippen molar-refractivity contribution < 1.29 is 13.5 Å². The van der Waals surface area contributed by atoms with Crippen LogP contribution in [0.4, 0.5) is 5.69 Å². The Bertz CT molecular complexity index is 747. The van der Waals surface area contributed by atoms with Gasteiger partial charge in [-0.1, -0.05) is 0 Å². The van der Waals surface area contributed by atoms with E-state index in [2.05, 4.69) is 20.7 Å². The quantitative estimate of drug-likeness (QED) is 0.798. The molecule has 20 heavy (non-hydrogen) atoms. The van der Waals surface area contributed by atoms with E-state index in [1.54, 1.807) is 32.0 Å². The molecule has 0 saturated carbocycles. The zero-order valence-electron chi connectivity index (χ0n) is 11.2. The van der Waals surface area contributed by atoms with Crippen molar-refractivity contribution in [1.29, 1.82) is 0 Å². The lowest BCUT2D eigenvalue weighted by Crippen LogP contribution is -2.12. The standard InChI is InChI=1S/C13H14BrNO3S2/c1-7-5-11(16)8(2)4-10(7)15-20(17,18)12-6-9(3)13(14)19-12/h4-6,15-16H,1-3H3. The van der Waals surface area contributed by atoms with Gasteiger partial charge in [0, 0.05) is 0 Å². The molecule has 0 spiro atoms. The van der Waals surface area contributed by atoms with Crippen LogP contribution in [0, 0.1) is 20.8 Å². The minimum absolute atomic E-state index is 0.153. The van der Waals surface area contributed by atoms with E-state index in [1.165, 1.54) is 11.3 Å². The highest BCUT2D eigenvalue weighted by Crippen LogP contribution is 2.33. The molecule has 0 amide bonds. The number of phenols is 1. The third-order valence-electron chi connectivity index (χ3n) is 2.89. The van der Waals surface area contributed by atoms with Gasteiger partial charge in [-0.15, -0.1) is 11.3 Å². The first kappa shape index (κ1) is 15.3. The molecule has 1 aromatic heterocycles. The molecule has 0 aliphatic rings. The summed E-state index contributed by atoms with van der Waals surface area (Å²) in [7, 11) is -3.61. The van der Waals surface area contributed by atoms with Crippen LogP contribution in [0.15, 0.2) is 26.2 Å². The predicted octanol–water partition coefficient (Wildman–Crippen LogP) is 3.94. The van der Waals surface area contributed by atoms with Crippen LogP contribution in [-0.4, -0.2) is 13.5 Å². The third kappa shape index (κ3) is 2.99. The van der Waals surface area contributed by atoms with Crippen LogP contribution in [0.3, 0.4) is 0 Å². The summed E-state index contributed by atoms with van der Waals surface area (Å²) in [5, 5.41) is 9.60. The molecule has 0 bridgehead atoms. The van der Waals surface area contributed by atoms with Crippen LogP contribution in [0.5, 0.6) is 5.75 Å². The fourth-order valence-electron chi connectivity index (χ4n) is 1.67. The molecule has 0 atom stereocenters. The van der Waals surface area contributed by atoms with E-state index in [0.29, 0.717) is 16.8 Å². The lowest BCUT2D eigenvalue weighted by Gasteiger charge is -2.11. The highest BCUT2D eigenvalue weighted by Gasteiger charge is 2.19. The Balaban J connectivity index is 2.40. The van der Waals surface area contributed by atoms with E-state index >= 15 is 0 Å². The molecule has 4 nitrogen and oxygen atoms in total. The molecule has 2 aromatic rings. The van der Waals surface area contributed by atoms with Gasteiger partial charge in [-0.25, -0.2) is 8.42 Å². The first-order valence-corrected chi connectivity index (χ1v) is 8.89. The molecule has 0 aliphatic carbocycles. The van der Waals surface area contributed by atoms with Crippen molar-refractivity contribution in [3.63, 3.8) is 0 Å². The smallest absolute Gasteiger partial charge is 0.271 e. The number of sulfonamides is 1. The van der Waals surface area contributed by atoms with Crippen LogP contribution in [0.1, 0.15) is 16.7 Å². The minimum atomic E-state index is -3.61. The van der Waals surface area contributed by atoms with Gasteiger partial charge in [0.25, 0.3) is 10.0 Å². The van der Waals surface area contributed by atoms with Crippen molar-refractivity contribution in [3.05, 3.63) is 38.7 Å². The minimum Gasteiger partial charge on any atom is -0.508 e. The molecule has 1 aromatic carbocycles. The Morgan fingerprint density at radius 3 is 2.30 bits per heavy atom. The molecule has 0 saturated heterocycles. The zero-order valence-corrected chi connectivity index (χ0v) is 14.4. The second-order valence-electron chi connectivity index (χ2n) is 4.58. The summed E-state index contributed by atoms with van der Waals surface area (Å²) in [5.74, 6) is 0.153. The van der Waals surface area contributed by atoms with Crippen molar-refractivity contribution in [3.8, 4) is 5.75 Å². The summed E-state index contributed by atoms with van der Waals surface area (Å²) in [6.07, 6.45) is 0. The molecular weight excluding hydrogens is 362 g/mol. The Morgan fingerprint density at radius 2 is 1.75 bits per heavy atom. The van der Waals surface area contributed by atoms with Crippen LogP contribution in [-0.2, 0) is 10.0 Å². The van der Waals surface area contributed by atoms with Crippen LogP contribution < -0.4 is 4.72 Å². The summed E-state index contributed by atoms with van der Waals surface area (Å²) in [4.78, 5) is 0. The van der Waals surface area contributed by atoms with E-state index in [-0.39, 0.29) is 9.96 Å². The van der Waals surface area contributed by atoms with E-state index < -0.39 is 10.0 Å². The average molecular weight is 376 g/mol. The molecule has 108 valence electrons. The first-order chi connectivity index (χ1) is 9.20. The van der Waals surface area contributed by atoms with Gasteiger partial charge in [-0.3, -0.25) is 4.72 Å². The van der Waals surface area contributed by atoms with Crippen molar-refractivity contribution in [2.75, 3.05) is 4.72 Å². The number of thiophene rings is 1. The Labute approximate surface area is 130 Å². The van der Waals surface area contributed by atoms with E-state index in [1.807, 2.05) is 6.92 Å². The van der Waals surface area contributed by atoms with Crippen molar-refractivity contribution in [2.45, 2.75) is 25.0 Å². The summed E-state index contributed by atoms with van der Waals surface area (Å²) in [6.45, 7) is 5.31. The maximum Gasteiger partial charge on any atom is 0.271 e. The van der Waals surface area contributed by atoms with Crippen molar-refractivity contribution in [2.24, 2.45) is 0 Å². The molecule has 0 radical (unpaired) electrons. The number of rotatable bonds is 3. The fraction of sp³-hybridized carbons (Fsp3) is 0.231. The topological polar surface area (TPSA) is 66.4 Å². The number of benzene rings is 1. The van der Waals surface area contributed by atoms with Crippen LogP contribution in [0.2, 0.25) is 0 Å². The Kier molecular flexibility index (Phi) is 4.13. The zero-order chi connectivity index (χ0) is 15.1. The lowest BCUT2D eigenvalue weighted by molar-refractivity contribution is 0.471. The predicted molar refractivity (Wildman–Crippen MR) is 85.1 cm³/mol. The van der Waals surface area contributed by atoms with Crippen molar-refractivity contribution in [1.82, 2.24) is 0 Å². The SMILES string of the molecule is Cc1cc(NS(=O)(=O)c2cc(C)c(Br)s2)c(C)cc1O. The maximum absolute atomic E-state index is 12.3. The highest BCUT2D eigenvalue weighted by molar-refractivity contribution is 9.11. The second kappa shape index (κ2) is 5.38. The lowest BCUT2D eigenvalue weighted by atomic mass is 10.1. The number of phenolic OH excluding ortho intramolecular Hbond substituents is 1. The first-order valence-electron chi connectivity index (χ1n) is 5.79. The van der Waals surface area contributed by atoms with Gasteiger partial charge in [-0.05, 0) is 71.6 Å². The number of anilines is 1. The fourth-order valence-corrected chi connectivity index (χ4v) is 5.02. The molecule has 7 heteroatoms. The van der Waals surface area contributed by atoms with Crippen LogP contribution in [0.25, 0.3) is 0 Å². The van der Waals surface area contributed by atoms with Gasteiger partial charge in [0.05, 0.1) is 9.47 Å². The van der Waals surface area contributed by atoms with Gasteiger partial charge >= 0.3 is 0 Å². The number of hydrogen-bond donors (Lipinski definition) is 2. The number of hydrogen-bond acceptors (Lipinski definition) is 4. The van der Waals surface area contributed by atoms with E-state index in [0.717, 1.165) is 9.35 Å². The van der Waals surface area contributed by atoms with Gasteiger partial charge in [0.15, 0.2) is 0 Å². The Morgan fingerprint density at radius 1 is 1.10 bits per heavy atom. The van der Waals surface area contributed by atoms with Crippen molar-refractivity contribution >= 4 is 43.0 Å². The monoisotopic (exact) mass is 375 g/mol. The Hall–Kier alpha value is -1.05. The third-order valence-corrected chi connectivity index (χ3v) is 6.86. The summed E-state index contributed by atoms with van der Waals surface area (Å²) >= 11 is 4.49. The number of aromatic hydroxyl groups is 1. The highest BCUT2D eigenvalue weighted by atomic mass is 79.9. The molecular formula is C13H14BrNO3S2. The molecule has 1 heterocycles. The molecule has 0 fully saturated rings. The van der Waals surface area contributed by atoms with Gasteiger partial charge in [0.1, 0.15) is 9.96 Å². The molecule has 2 N–H and O–H groups in total. The number of nitrogens with one attached hydrogen (secondary N) is 1. The number of aryl methyl sites for hydroxylation is 3. The molecule has 2 rings (SSSR count). The normalized spacial score (nSPS) is 11.6. The summed E-state index contributed by atoms with van der Waals surface area (Å²) < 4.78 is 28.3. The van der Waals surface area contributed by atoms with E-state index in [9.17, 15) is 13.5 Å². The second-order valence-corrected chi connectivity index (χ2v) is 8.86. The van der Waals surface area contributed by atoms with Gasteiger partial charge in [-0.2, -0.15) is 0 Å². The summed E-state index contributed by atoms with van der Waals surface area (Å²) in [5.41, 5.74) is 2.65. The number of halogens is 1. The molecule has 0 unspecified atom stereocenters. The van der Waals surface area contributed by atoms with Gasteiger partial charge < -0.3 is 5.11 Å².